The van der Waals surface area contributed by atoms with Gasteiger partial charge in [0.1, 0.15) is 5.75 Å². The van der Waals surface area contributed by atoms with Gasteiger partial charge in [-0.3, -0.25) is 9.36 Å². The summed E-state index contributed by atoms with van der Waals surface area (Å²) in [5.41, 5.74) is 1.30. The summed E-state index contributed by atoms with van der Waals surface area (Å²) in [5, 5.41) is 12.6. The molecule has 0 aliphatic rings. The second kappa shape index (κ2) is 10.5. The second-order valence-corrected chi connectivity index (χ2v) is 7.80. The Hall–Kier alpha value is -2.48. The van der Waals surface area contributed by atoms with Crippen LogP contribution in [0.4, 0.5) is 5.69 Å². The number of nitrogens with zero attached hydrogens (tertiary/aromatic N) is 3. The lowest BCUT2D eigenvalue weighted by Crippen LogP contribution is -2.15. The first-order valence-electron chi connectivity index (χ1n) is 9.18. The van der Waals surface area contributed by atoms with E-state index in [1.807, 2.05) is 35.8 Å². The Morgan fingerprint density at radius 2 is 2.03 bits per heavy atom. The Bertz CT molecular complexity index is 1060. The van der Waals surface area contributed by atoms with Crippen LogP contribution in [0.5, 0.6) is 5.75 Å². The number of anilines is 1. The zero-order chi connectivity index (χ0) is 21.5. The molecule has 0 aliphatic heterocycles. The summed E-state index contributed by atoms with van der Waals surface area (Å²) < 4.78 is 7.62. The molecule has 0 unspecified atom stereocenters. The van der Waals surface area contributed by atoms with E-state index in [-0.39, 0.29) is 11.7 Å². The number of para-hydroxylation sites is 1. The van der Waals surface area contributed by atoms with Crippen molar-refractivity contribution in [2.45, 2.75) is 18.6 Å². The summed E-state index contributed by atoms with van der Waals surface area (Å²) in [6, 6.07) is 12.7. The van der Waals surface area contributed by atoms with Crippen molar-refractivity contribution >= 4 is 46.6 Å². The van der Waals surface area contributed by atoms with E-state index in [9.17, 15) is 4.79 Å². The highest BCUT2D eigenvalue weighted by atomic mass is 35.5. The van der Waals surface area contributed by atoms with Crippen LogP contribution in [0, 0.1) is 0 Å². The molecule has 1 aromatic heterocycles. The van der Waals surface area contributed by atoms with E-state index in [0.29, 0.717) is 39.9 Å². The van der Waals surface area contributed by atoms with Crippen molar-refractivity contribution in [1.29, 1.82) is 0 Å². The van der Waals surface area contributed by atoms with Gasteiger partial charge in [0.05, 0.1) is 33.7 Å². The number of hydrogen-bond donors (Lipinski definition) is 1. The van der Waals surface area contributed by atoms with Gasteiger partial charge in [0.2, 0.25) is 5.91 Å². The number of rotatable bonds is 9. The van der Waals surface area contributed by atoms with E-state index in [2.05, 4.69) is 22.1 Å². The largest absolute Gasteiger partial charge is 0.493 e. The summed E-state index contributed by atoms with van der Waals surface area (Å²) in [6.45, 7) is 6.78. The van der Waals surface area contributed by atoms with Crippen LogP contribution in [-0.2, 0) is 11.3 Å². The Balaban J connectivity index is 1.78. The summed E-state index contributed by atoms with van der Waals surface area (Å²) in [4.78, 5) is 12.4. The molecule has 0 aliphatic carbocycles. The van der Waals surface area contributed by atoms with Crippen molar-refractivity contribution < 1.29 is 9.53 Å². The van der Waals surface area contributed by atoms with Gasteiger partial charge >= 0.3 is 0 Å². The first kappa shape index (κ1) is 22.2. The van der Waals surface area contributed by atoms with Crippen LogP contribution in [-0.4, -0.2) is 33.0 Å². The number of thioether (sulfide) groups is 1. The highest BCUT2D eigenvalue weighted by molar-refractivity contribution is 7.99. The Kier molecular flexibility index (Phi) is 7.79. The smallest absolute Gasteiger partial charge is 0.234 e. The molecule has 3 aromatic rings. The van der Waals surface area contributed by atoms with Crippen molar-refractivity contribution in [3.63, 3.8) is 0 Å². The maximum atomic E-state index is 12.4. The van der Waals surface area contributed by atoms with Gasteiger partial charge in [-0.25, -0.2) is 0 Å². The fourth-order valence-electron chi connectivity index (χ4n) is 2.74. The Labute approximate surface area is 189 Å². The van der Waals surface area contributed by atoms with Crippen LogP contribution in [0.25, 0.3) is 11.4 Å². The number of aromatic nitrogens is 3. The van der Waals surface area contributed by atoms with Crippen LogP contribution in [0.1, 0.15) is 6.92 Å². The Morgan fingerprint density at radius 3 is 2.80 bits per heavy atom. The van der Waals surface area contributed by atoms with E-state index in [1.54, 1.807) is 24.3 Å². The molecule has 3 rings (SSSR count). The number of carbonyl (C=O) groups is 1. The number of carbonyl (C=O) groups excluding carboxylic acids is 1. The van der Waals surface area contributed by atoms with Gasteiger partial charge in [-0.1, -0.05) is 59.2 Å². The lowest BCUT2D eigenvalue weighted by molar-refractivity contribution is -0.113. The molecule has 0 spiro atoms. The van der Waals surface area contributed by atoms with Crippen LogP contribution >= 0.6 is 35.0 Å². The molecule has 9 heteroatoms. The molecular formula is C21H20Cl2N4O2S. The van der Waals surface area contributed by atoms with Gasteiger partial charge in [-0.2, -0.15) is 0 Å². The minimum Gasteiger partial charge on any atom is -0.493 e. The third kappa shape index (κ3) is 5.16. The van der Waals surface area contributed by atoms with Crippen molar-refractivity contribution in [1.82, 2.24) is 14.8 Å². The van der Waals surface area contributed by atoms with Gasteiger partial charge < -0.3 is 10.1 Å². The summed E-state index contributed by atoms with van der Waals surface area (Å²) in [7, 11) is 0. The molecule has 0 saturated carbocycles. The molecule has 1 heterocycles. The van der Waals surface area contributed by atoms with Crippen molar-refractivity contribution in [3.8, 4) is 17.1 Å². The lowest BCUT2D eigenvalue weighted by atomic mass is 10.2. The average Bonchev–Trinajstić information content (AvgIpc) is 3.13. The molecule has 6 nitrogen and oxygen atoms in total. The highest BCUT2D eigenvalue weighted by Gasteiger charge is 2.18. The van der Waals surface area contributed by atoms with Gasteiger partial charge in [0, 0.05) is 6.54 Å². The molecule has 156 valence electrons. The molecule has 0 atom stereocenters. The number of nitrogens with one attached hydrogen (secondary N) is 1. The average molecular weight is 463 g/mol. The van der Waals surface area contributed by atoms with Gasteiger partial charge in [-0.05, 0) is 31.2 Å². The number of amides is 1. The van der Waals surface area contributed by atoms with E-state index < -0.39 is 0 Å². The number of hydrogen-bond acceptors (Lipinski definition) is 5. The summed E-state index contributed by atoms with van der Waals surface area (Å²) >= 11 is 13.4. The number of halogens is 2. The molecule has 30 heavy (non-hydrogen) atoms. The van der Waals surface area contributed by atoms with Gasteiger partial charge in [-0.15, -0.1) is 16.8 Å². The number of ether oxygens (including phenoxy) is 1. The minimum atomic E-state index is -0.228. The van der Waals surface area contributed by atoms with Crippen molar-refractivity contribution in [2.24, 2.45) is 0 Å². The number of benzene rings is 2. The minimum absolute atomic E-state index is 0.130. The van der Waals surface area contributed by atoms with Gasteiger partial charge in [0.25, 0.3) is 0 Å². The van der Waals surface area contributed by atoms with E-state index in [4.69, 9.17) is 27.9 Å². The normalized spacial score (nSPS) is 10.6. The standard InChI is InChI=1S/C21H20Cl2N4O2S/c1-3-12-27-20(14-8-5-6-11-17(14)29-4-2)25-26-21(27)30-13-18(28)24-16-10-7-9-15(22)19(16)23/h3,5-11H,1,4,12-13H2,2H3,(H,24,28). The molecular weight excluding hydrogens is 443 g/mol. The molecule has 0 bridgehead atoms. The second-order valence-electron chi connectivity index (χ2n) is 6.07. The third-order valence-corrected chi connectivity index (χ3v) is 5.80. The fraction of sp³-hybridized carbons (Fsp3) is 0.190. The van der Waals surface area contributed by atoms with Crippen LogP contribution in [0.3, 0.4) is 0 Å². The molecule has 0 fully saturated rings. The molecule has 1 amide bonds. The first-order chi connectivity index (χ1) is 14.5. The number of allylic oxidation sites excluding steroid dienone is 1. The fourth-order valence-corrected chi connectivity index (χ4v) is 3.83. The maximum Gasteiger partial charge on any atom is 0.234 e. The third-order valence-electron chi connectivity index (χ3n) is 4.01. The van der Waals surface area contributed by atoms with Gasteiger partial charge in [0.15, 0.2) is 11.0 Å². The lowest BCUT2D eigenvalue weighted by Gasteiger charge is -2.12. The van der Waals surface area contributed by atoms with Crippen LogP contribution in [0.15, 0.2) is 60.3 Å². The summed E-state index contributed by atoms with van der Waals surface area (Å²) in [6.07, 6.45) is 1.76. The molecule has 0 radical (unpaired) electrons. The first-order valence-corrected chi connectivity index (χ1v) is 10.9. The van der Waals surface area contributed by atoms with Crippen LogP contribution in [0.2, 0.25) is 10.0 Å². The molecule has 2 aromatic carbocycles. The Morgan fingerprint density at radius 1 is 1.23 bits per heavy atom. The zero-order valence-electron chi connectivity index (χ0n) is 16.3. The predicted molar refractivity (Wildman–Crippen MR) is 123 cm³/mol. The van der Waals surface area contributed by atoms with E-state index in [1.165, 1.54) is 11.8 Å². The van der Waals surface area contributed by atoms with Crippen molar-refractivity contribution in [3.05, 3.63) is 65.2 Å². The predicted octanol–water partition coefficient (Wildman–Crippen LogP) is 5.57. The molecule has 1 N–H and O–H groups in total. The van der Waals surface area contributed by atoms with E-state index in [0.717, 1.165) is 11.3 Å². The quantitative estimate of drug-likeness (QED) is 0.332. The zero-order valence-corrected chi connectivity index (χ0v) is 18.6. The summed E-state index contributed by atoms with van der Waals surface area (Å²) in [5.74, 6) is 1.28. The highest BCUT2D eigenvalue weighted by Crippen LogP contribution is 2.32. The van der Waals surface area contributed by atoms with Crippen LogP contribution < -0.4 is 10.1 Å². The monoisotopic (exact) mass is 462 g/mol. The van der Waals surface area contributed by atoms with E-state index >= 15 is 0 Å². The SMILES string of the molecule is C=CCn1c(SCC(=O)Nc2cccc(Cl)c2Cl)nnc1-c1ccccc1OCC. The topological polar surface area (TPSA) is 69.0 Å². The molecule has 0 saturated heterocycles. The van der Waals surface area contributed by atoms with Crippen molar-refractivity contribution in [2.75, 3.05) is 17.7 Å². The maximum absolute atomic E-state index is 12.4.